The van der Waals surface area contributed by atoms with Crippen LogP contribution in [-0.4, -0.2) is 42.6 Å². The molecule has 8 nitrogen and oxygen atoms in total. The molecule has 0 N–H and O–H groups in total. The highest BCUT2D eigenvalue weighted by molar-refractivity contribution is 7.89. The van der Waals surface area contributed by atoms with Crippen molar-refractivity contribution in [2.75, 3.05) is 7.05 Å². The Morgan fingerprint density at radius 3 is 2.12 bits per heavy atom. The standard InChI is InChI=1S/C23H17ClN2O6S/c1-25(14-15-7-3-2-4-8-15)33(30,31)16-11-12-20(24)19(13-16)23(29)32-26-21(27)17-9-5-6-10-18(17)22(26)28/h2-13H,14H2,1H3. The zero-order chi connectivity index (χ0) is 23.8. The van der Waals surface area contributed by atoms with Gasteiger partial charge < -0.3 is 4.84 Å². The number of carbonyl (C=O) groups is 3. The topological polar surface area (TPSA) is 101 Å². The van der Waals surface area contributed by atoms with Crippen LogP contribution in [0.15, 0.2) is 77.7 Å². The fraction of sp³-hybridized carbons (Fsp3) is 0.0870. The summed E-state index contributed by atoms with van der Waals surface area (Å²) in [5.74, 6) is -2.74. The van der Waals surface area contributed by atoms with Crippen molar-refractivity contribution in [2.45, 2.75) is 11.4 Å². The number of halogens is 1. The van der Waals surface area contributed by atoms with E-state index in [0.29, 0.717) is 5.06 Å². The molecule has 168 valence electrons. The smallest absolute Gasteiger partial charge is 0.324 e. The Balaban J connectivity index is 1.58. The Bertz CT molecular complexity index is 1340. The van der Waals surface area contributed by atoms with Crippen LogP contribution in [-0.2, 0) is 21.4 Å². The van der Waals surface area contributed by atoms with Gasteiger partial charge in [-0.25, -0.2) is 13.2 Å². The molecule has 3 aromatic carbocycles. The average Bonchev–Trinajstić information content (AvgIpc) is 3.05. The summed E-state index contributed by atoms with van der Waals surface area (Å²) < 4.78 is 27.2. The summed E-state index contributed by atoms with van der Waals surface area (Å²) in [5, 5.41) is 0.243. The molecule has 1 aliphatic heterocycles. The zero-order valence-electron chi connectivity index (χ0n) is 17.3. The molecule has 10 heteroatoms. The number of benzene rings is 3. The number of carbonyl (C=O) groups excluding carboxylic acids is 3. The number of hydrogen-bond donors (Lipinski definition) is 0. The van der Waals surface area contributed by atoms with Crippen LogP contribution < -0.4 is 0 Å². The van der Waals surface area contributed by atoms with E-state index in [1.165, 1.54) is 31.3 Å². The molecule has 2 amide bonds. The van der Waals surface area contributed by atoms with Gasteiger partial charge in [-0.1, -0.05) is 59.1 Å². The maximum absolute atomic E-state index is 13.0. The fourth-order valence-electron chi connectivity index (χ4n) is 3.31. The highest BCUT2D eigenvalue weighted by Crippen LogP contribution is 2.27. The lowest BCUT2D eigenvalue weighted by molar-refractivity contribution is -0.0584. The molecule has 4 rings (SSSR count). The molecule has 0 unspecified atom stereocenters. The number of hydrogen-bond acceptors (Lipinski definition) is 6. The fourth-order valence-corrected chi connectivity index (χ4v) is 4.69. The Morgan fingerprint density at radius 1 is 0.939 bits per heavy atom. The largest absolute Gasteiger partial charge is 0.365 e. The van der Waals surface area contributed by atoms with Crippen LogP contribution in [0, 0.1) is 0 Å². The van der Waals surface area contributed by atoms with Crippen LogP contribution in [0.25, 0.3) is 0 Å². The molecule has 0 bridgehead atoms. The van der Waals surface area contributed by atoms with E-state index in [1.54, 1.807) is 36.4 Å². The number of rotatable bonds is 6. The molecule has 0 aliphatic carbocycles. The lowest BCUT2D eigenvalue weighted by atomic mass is 10.1. The third-order valence-corrected chi connectivity index (χ3v) is 7.17. The molecule has 0 saturated carbocycles. The van der Waals surface area contributed by atoms with Crippen molar-refractivity contribution in [3.8, 4) is 0 Å². The van der Waals surface area contributed by atoms with Gasteiger partial charge in [0.1, 0.15) is 0 Å². The molecule has 0 radical (unpaired) electrons. The van der Waals surface area contributed by atoms with Gasteiger partial charge in [-0.2, -0.15) is 4.31 Å². The predicted octanol–water partition coefficient (Wildman–Crippen LogP) is 3.53. The highest BCUT2D eigenvalue weighted by Gasteiger charge is 2.39. The number of sulfonamides is 1. The van der Waals surface area contributed by atoms with Gasteiger partial charge in [0.15, 0.2) is 0 Å². The van der Waals surface area contributed by atoms with Crippen molar-refractivity contribution < 1.29 is 27.6 Å². The van der Waals surface area contributed by atoms with Crippen molar-refractivity contribution in [1.82, 2.24) is 9.37 Å². The first-order chi connectivity index (χ1) is 15.7. The van der Waals surface area contributed by atoms with E-state index in [1.807, 2.05) is 6.07 Å². The molecule has 0 fully saturated rings. The first kappa shape index (κ1) is 22.7. The van der Waals surface area contributed by atoms with Gasteiger partial charge in [-0.05, 0) is 35.9 Å². The van der Waals surface area contributed by atoms with Crippen molar-refractivity contribution in [2.24, 2.45) is 0 Å². The maximum Gasteiger partial charge on any atom is 0.365 e. The van der Waals surface area contributed by atoms with Crippen LogP contribution >= 0.6 is 11.6 Å². The molecular formula is C23H17ClN2O6S. The predicted molar refractivity (Wildman–Crippen MR) is 119 cm³/mol. The van der Waals surface area contributed by atoms with E-state index in [4.69, 9.17) is 16.4 Å². The summed E-state index contributed by atoms with van der Waals surface area (Å²) in [6.07, 6.45) is 0. The molecule has 0 spiro atoms. The Labute approximate surface area is 195 Å². The summed E-state index contributed by atoms with van der Waals surface area (Å²) in [4.78, 5) is 42.4. The maximum atomic E-state index is 13.0. The van der Waals surface area contributed by atoms with Crippen molar-refractivity contribution >= 4 is 39.4 Å². The number of amides is 2. The van der Waals surface area contributed by atoms with Gasteiger partial charge in [0.05, 0.1) is 26.6 Å². The summed E-state index contributed by atoms with van der Waals surface area (Å²) >= 11 is 6.10. The minimum absolute atomic E-state index is 0.0960. The second-order valence-electron chi connectivity index (χ2n) is 7.22. The summed E-state index contributed by atoms with van der Waals surface area (Å²) in [6.45, 7) is 0.112. The van der Waals surface area contributed by atoms with Crippen LogP contribution in [0.5, 0.6) is 0 Å². The van der Waals surface area contributed by atoms with Gasteiger partial charge in [0.2, 0.25) is 10.0 Å². The van der Waals surface area contributed by atoms with Gasteiger partial charge in [-0.3, -0.25) is 9.59 Å². The Hall–Kier alpha value is -3.53. The second kappa shape index (κ2) is 8.78. The van der Waals surface area contributed by atoms with E-state index >= 15 is 0 Å². The second-order valence-corrected chi connectivity index (χ2v) is 9.67. The van der Waals surface area contributed by atoms with E-state index in [2.05, 4.69) is 0 Å². The first-order valence-corrected chi connectivity index (χ1v) is 11.5. The normalized spacial score (nSPS) is 13.4. The lowest BCUT2D eigenvalue weighted by Crippen LogP contribution is -2.33. The lowest BCUT2D eigenvalue weighted by Gasteiger charge is -2.18. The number of fused-ring (bicyclic) bond motifs is 1. The van der Waals surface area contributed by atoms with E-state index < -0.39 is 27.8 Å². The van der Waals surface area contributed by atoms with Gasteiger partial charge in [-0.15, -0.1) is 0 Å². The highest BCUT2D eigenvalue weighted by atomic mass is 35.5. The van der Waals surface area contributed by atoms with Gasteiger partial charge >= 0.3 is 5.97 Å². The molecule has 1 heterocycles. The SMILES string of the molecule is CN(Cc1ccccc1)S(=O)(=O)c1ccc(Cl)c(C(=O)ON2C(=O)c3ccccc3C2=O)c1. The number of nitrogens with zero attached hydrogens (tertiary/aromatic N) is 2. The number of hydroxylamine groups is 2. The molecule has 0 atom stereocenters. The third-order valence-electron chi connectivity index (χ3n) is 5.04. The monoisotopic (exact) mass is 484 g/mol. The van der Waals surface area contributed by atoms with Crippen molar-refractivity contribution in [1.29, 1.82) is 0 Å². The van der Waals surface area contributed by atoms with Crippen LogP contribution in [0.4, 0.5) is 0 Å². The average molecular weight is 485 g/mol. The minimum Gasteiger partial charge on any atom is -0.324 e. The van der Waals surface area contributed by atoms with Crippen LogP contribution in [0.2, 0.25) is 5.02 Å². The Morgan fingerprint density at radius 2 is 1.52 bits per heavy atom. The molecule has 0 saturated heterocycles. The van der Waals surface area contributed by atoms with Gasteiger partial charge in [0, 0.05) is 13.6 Å². The van der Waals surface area contributed by atoms with E-state index in [9.17, 15) is 22.8 Å². The summed E-state index contributed by atoms with van der Waals surface area (Å²) in [7, 11) is -2.57. The Kier molecular flexibility index (Phi) is 6.03. The molecule has 0 aromatic heterocycles. The first-order valence-electron chi connectivity index (χ1n) is 9.70. The van der Waals surface area contributed by atoms with E-state index in [0.717, 1.165) is 15.9 Å². The molecule has 3 aromatic rings. The summed E-state index contributed by atoms with van der Waals surface area (Å²) in [6, 6.07) is 18.6. The van der Waals surface area contributed by atoms with Gasteiger partial charge in [0.25, 0.3) is 11.8 Å². The van der Waals surface area contributed by atoms with Crippen LogP contribution in [0.3, 0.4) is 0 Å². The van der Waals surface area contributed by atoms with Crippen LogP contribution in [0.1, 0.15) is 36.6 Å². The molecule has 33 heavy (non-hydrogen) atoms. The van der Waals surface area contributed by atoms with Crippen molar-refractivity contribution in [3.05, 3.63) is 100 Å². The van der Waals surface area contributed by atoms with Crippen molar-refractivity contribution in [3.63, 3.8) is 0 Å². The molecular weight excluding hydrogens is 468 g/mol. The summed E-state index contributed by atoms with van der Waals surface area (Å²) in [5.41, 5.74) is 0.672. The quantitative estimate of drug-likeness (QED) is 0.496. The zero-order valence-corrected chi connectivity index (χ0v) is 18.8. The molecule has 1 aliphatic rings. The minimum atomic E-state index is -3.98. The third kappa shape index (κ3) is 4.25. The number of imide groups is 1. The van der Waals surface area contributed by atoms with E-state index in [-0.39, 0.29) is 33.2 Å².